The van der Waals surface area contributed by atoms with Crippen molar-refractivity contribution in [3.63, 3.8) is 0 Å². The third-order valence-corrected chi connectivity index (χ3v) is 4.36. The average molecular weight is 310 g/mol. The zero-order chi connectivity index (χ0) is 13.2. The maximum absolute atomic E-state index is 12.2. The van der Waals surface area contributed by atoms with E-state index in [1.54, 1.807) is 23.6 Å². The first-order valence-corrected chi connectivity index (χ1v) is 7.14. The number of nitrogens with two attached hydrogens (primary N) is 1. The molecule has 0 aromatic carbocycles. The Kier molecular flexibility index (Phi) is 4.62. The van der Waals surface area contributed by atoms with Gasteiger partial charge in [0.25, 0.3) is 0 Å². The molecule has 106 valence electrons. The average Bonchev–Trinajstić information content (AvgIpc) is 2.88. The molecule has 0 fully saturated rings. The Labute approximate surface area is 128 Å². The van der Waals surface area contributed by atoms with Gasteiger partial charge in [0.1, 0.15) is 0 Å². The summed E-state index contributed by atoms with van der Waals surface area (Å²) in [4.78, 5) is 19.7. The van der Waals surface area contributed by atoms with Gasteiger partial charge in [-0.3, -0.25) is 9.78 Å². The summed E-state index contributed by atoms with van der Waals surface area (Å²) in [5, 5.41) is 2.10. The first kappa shape index (κ1) is 14.8. The zero-order valence-electron chi connectivity index (χ0n) is 10.9. The highest BCUT2D eigenvalue weighted by atomic mass is 35.5. The van der Waals surface area contributed by atoms with Crippen LogP contribution >= 0.6 is 23.7 Å². The van der Waals surface area contributed by atoms with E-state index in [0.717, 1.165) is 25.2 Å². The molecule has 2 aromatic rings. The number of nitrogen functional groups attached to an aromatic ring is 1. The predicted octanol–water partition coefficient (Wildman–Crippen LogP) is 2.27. The molecule has 4 nitrogen and oxygen atoms in total. The second-order valence-corrected chi connectivity index (χ2v) is 5.69. The fourth-order valence-electron chi connectivity index (χ4n) is 2.27. The van der Waals surface area contributed by atoms with Crippen LogP contribution in [0.3, 0.4) is 0 Å². The number of halogens is 1. The third-order valence-electron chi connectivity index (χ3n) is 3.34. The van der Waals surface area contributed by atoms with Crippen LogP contribution in [0.1, 0.15) is 16.1 Å². The Balaban J connectivity index is 0.00000147. The van der Waals surface area contributed by atoms with Gasteiger partial charge in [-0.15, -0.1) is 23.7 Å². The van der Waals surface area contributed by atoms with Gasteiger partial charge in [0.05, 0.1) is 18.3 Å². The van der Waals surface area contributed by atoms with Gasteiger partial charge in [-0.1, -0.05) is 0 Å². The summed E-state index contributed by atoms with van der Waals surface area (Å²) in [6.45, 7) is 1.54. The van der Waals surface area contributed by atoms with E-state index in [0.29, 0.717) is 12.1 Å². The van der Waals surface area contributed by atoms with Crippen LogP contribution in [0.5, 0.6) is 0 Å². The zero-order valence-corrected chi connectivity index (χ0v) is 12.5. The molecule has 0 aliphatic carbocycles. The van der Waals surface area contributed by atoms with Crippen LogP contribution in [0.4, 0.5) is 5.69 Å². The van der Waals surface area contributed by atoms with Crippen molar-refractivity contribution in [1.82, 2.24) is 9.88 Å². The molecule has 0 unspecified atom stereocenters. The van der Waals surface area contributed by atoms with Crippen LogP contribution in [0.25, 0.3) is 0 Å². The fourth-order valence-corrected chi connectivity index (χ4v) is 3.16. The van der Waals surface area contributed by atoms with Crippen LogP contribution in [0.15, 0.2) is 29.8 Å². The highest BCUT2D eigenvalue weighted by Crippen LogP contribution is 2.24. The van der Waals surface area contributed by atoms with Crippen molar-refractivity contribution in [2.24, 2.45) is 0 Å². The van der Waals surface area contributed by atoms with Gasteiger partial charge in [0.15, 0.2) is 0 Å². The number of carbonyl (C=O) groups excluding carboxylic acids is 1. The van der Waals surface area contributed by atoms with Crippen molar-refractivity contribution in [2.75, 3.05) is 12.3 Å². The maximum Gasteiger partial charge on any atom is 0.228 e. The SMILES string of the molecule is Cl.Nc1ccc(CC(=O)N2CCc3sccc3C2)nc1. The van der Waals surface area contributed by atoms with Crippen LogP contribution in [-0.2, 0) is 24.2 Å². The van der Waals surface area contributed by atoms with Gasteiger partial charge < -0.3 is 10.6 Å². The molecule has 2 aromatic heterocycles. The number of amides is 1. The van der Waals surface area contributed by atoms with Gasteiger partial charge >= 0.3 is 0 Å². The Morgan fingerprint density at radius 3 is 3.00 bits per heavy atom. The lowest BCUT2D eigenvalue weighted by Gasteiger charge is -2.27. The van der Waals surface area contributed by atoms with E-state index >= 15 is 0 Å². The van der Waals surface area contributed by atoms with Gasteiger partial charge in [0.2, 0.25) is 5.91 Å². The van der Waals surface area contributed by atoms with Crippen LogP contribution in [0.2, 0.25) is 0 Å². The molecule has 2 N–H and O–H groups in total. The number of pyridine rings is 1. The Hall–Kier alpha value is -1.59. The minimum absolute atomic E-state index is 0. The first-order chi connectivity index (χ1) is 9.22. The summed E-state index contributed by atoms with van der Waals surface area (Å²) in [5.74, 6) is 0.133. The molecule has 0 saturated heterocycles. The lowest BCUT2D eigenvalue weighted by Crippen LogP contribution is -2.36. The van der Waals surface area contributed by atoms with Crippen molar-refractivity contribution < 1.29 is 4.79 Å². The number of nitrogens with zero attached hydrogens (tertiary/aromatic N) is 2. The number of thiophene rings is 1. The number of hydrogen-bond acceptors (Lipinski definition) is 4. The molecule has 1 aliphatic heterocycles. The number of anilines is 1. The number of hydrogen-bond donors (Lipinski definition) is 1. The largest absolute Gasteiger partial charge is 0.397 e. The lowest BCUT2D eigenvalue weighted by molar-refractivity contribution is -0.131. The summed E-state index contributed by atoms with van der Waals surface area (Å²) >= 11 is 1.78. The normalized spacial score (nSPS) is 13.5. The highest BCUT2D eigenvalue weighted by molar-refractivity contribution is 7.10. The summed E-state index contributed by atoms with van der Waals surface area (Å²) < 4.78 is 0. The molecule has 0 radical (unpaired) electrons. The van der Waals surface area contributed by atoms with E-state index in [1.165, 1.54) is 10.4 Å². The molecule has 3 heterocycles. The van der Waals surface area contributed by atoms with E-state index in [1.807, 2.05) is 11.0 Å². The lowest BCUT2D eigenvalue weighted by atomic mass is 10.1. The van der Waals surface area contributed by atoms with Crippen molar-refractivity contribution in [3.8, 4) is 0 Å². The second-order valence-electron chi connectivity index (χ2n) is 4.69. The molecule has 0 bridgehead atoms. The van der Waals surface area contributed by atoms with Crippen LogP contribution in [-0.4, -0.2) is 22.3 Å². The summed E-state index contributed by atoms with van der Waals surface area (Å²) in [6, 6.07) is 5.71. The van der Waals surface area contributed by atoms with Crippen molar-refractivity contribution in [1.29, 1.82) is 0 Å². The first-order valence-electron chi connectivity index (χ1n) is 6.26. The summed E-state index contributed by atoms with van der Waals surface area (Å²) in [5.41, 5.74) is 8.27. The molecule has 0 saturated carbocycles. The van der Waals surface area contributed by atoms with Gasteiger partial charge in [-0.2, -0.15) is 0 Å². The third kappa shape index (κ3) is 3.11. The van der Waals surface area contributed by atoms with Gasteiger partial charge in [-0.25, -0.2) is 0 Å². The molecule has 0 atom stereocenters. The van der Waals surface area contributed by atoms with Crippen molar-refractivity contribution in [2.45, 2.75) is 19.4 Å². The topological polar surface area (TPSA) is 59.2 Å². The number of aromatic nitrogens is 1. The number of fused-ring (bicyclic) bond motifs is 1. The van der Waals surface area contributed by atoms with E-state index < -0.39 is 0 Å². The van der Waals surface area contributed by atoms with Crippen LogP contribution in [0, 0.1) is 0 Å². The monoisotopic (exact) mass is 309 g/mol. The van der Waals surface area contributed by atoms with Crippen molar-refractivity contribution >= 4 is 35.3 Å². The highest BCUT2D eigenvalue weighted by Gasteiger charge is 2.21. The summed E-state index contributed by atoms with van der Waals surface area (Å²) in [7, 11) is 0. The maximum atomic E-state index is 12.2. The van der Waals surface area contributed by atoms with Gasteiger partial charge in [-0.05, 0) is 35.6 Å². The second kappa shape index (κ2) is 6.24. The van der Waals surface area contributed by atoms with Crippen molar-refractivity contribution in [3.05, 3.63) is 45.9 Å². The van der Waals surface area contributed by atoms with Crippen LogP contribution < -0.4 is 5.73 Å². The van der Waals surface area contributed by atoms with E-state index in [4.69, 9.17) is 5.73 Å². The van der Waals surface area contributed by atoms with E-state index in [9.17, 15) is 4.79 Å². The molecular formula is C14H16ClN3OS. The van der Waals surface area contributed by atoms with E-state index in [2.05, 4.69) is 16.4 Å². The Bertz CT molecular complexity index is 597. The molecule has 1 aliphatic rings. The van der Waals surface area contributed by atoms with Gasteiger partial charge in [0, 0.05) is 23.7 Å². The Morgan fingerprint density at radius 1 is 1.40 bits per heavy atom. The molecule has 20 heavy (non-hydrogen) atoms. The smallest absolute Gasteiger partial charge is 0.228 e. The standard InChI is InChI=1S/C14H15N3OS.ClH/c15-11-1-2-12(16-8-11)7-14(18)17-5-3-13-10(9-17)4-6-19-13;/h1-2,4,6,8H,3,5,7,9,15H2;1H. The minimum atomic E-state index is 0. The molecule has 3 rings (SSSR count). The molecule has 1 amide bonds. The predicted molar refractivity (Wildman–Crippen MR) is 83.0 cm³/mol. The quantitative estimate of drug-likeness (QED) is 0.926. The number of rotatable bonds is 2. The minimum Gasteiger partial charge on any atom is -0.397 e. The molecule has 6 heteroatoms. The summed E-state index contributed by atoms with van der Waals surface area (Å²) in [6.07, 6.45) is 2.91. The van der Waals surface area contributed by atoms with E-state index in [-0.39, 0.29) is 18.3 Å². The molecule has 0 spiro atoms. The number of carbonyl (C=O) groups is 1. The Morgan fingerprint density at radius 2 is 2.25 bits per heavy atom. The molecular weight excluding hydrogens is 294 g/mol. The fraction of sp³-hybridized carbons (Fsp3) is 0.286.